The summed E-state index contributed by atoms with van der Waals surface area (Å²) in [4.78, 5) is 0. The molecule has 1 aromatic carbocycles. The van der Waals surface area contributed by atoms with E-state index in [0.717, 1.165) is 0 Å². The predicted molar refractivity (Wildman–Crippen MR) is 51.4 cm³/mol. The van der Waals surface area contributed by atoms with Gasteiger partial charge in [-0.3, -0.25) is 0 Å². The van der Waals surface area contributed by atoms with Crippen molar-refractivity contribution in [2.24, 2.45) is 0 Å². The molecule has 4 heteroatoms. The van der Waals surface area contributed by atoms with Crippen LogP contribution in [-0.4, -0.2) is 6.18 Å². The quantitative estimate of drug-likeness (QED) is 0.642. The van der Waals surface area contributed by atoms with Crippen molar-refractivity contribution in [3.63, 3.8) is 0 Å². The van der Waals surface area contributed by atoms with Crippen molar-refractivity contribution in [3.8, 4) is 0 Å². The highest BCUT2D eigenvalue weighted by Gasteiger charge is 2.45. The van der Waals surface area contributed by atoms with Gasteiger partial charge in [0.2, 0.25) is 0 Å². The van der Waals surface area contributed by atoms with Crippen molar-refractivity contribution in [1.29, 1.82) is 0 Å². The molecular formula is C11H13F3O. The van der Waals surface area contributed by atoms with E-state index in [9.17, 15) is 13.2 Å². The summed E-state index contributed by atoms with van der Waals surface area (Å²) in [6.07, 6.45) is -6.03. The van der Waals surface area contributed by atoms with E-state index in [2.05, 4.69) is 4.74 Å². The molecule has 0 radical (unpaired) electrons. The molecule has 0 amide bonds. The average molecular weight is 218 g/mol. The summed E-state index contributed by atoms with van der Waals surface area (Å²) < 4.78 is 41.6. The van der Waals surface area contributed by atoms with Crippen LogP contribution in [0.3, 0.4) is 0 Å². The van der Waals surface area contributed by atoms with Crippen LogP contribution in [-0.2, 0) is 11.3 Å². The van der Waals surface area contributed by atoms with Crippen LogP contribution >= 0.6 is 0 Å². The second-order valence-corrected chi connectivity index (χ2v) is 2.93. The Kier molecular flexibility index (Phi) is 3.74. The largest absolute Gasteiger partial charge is 0.418 e. The van der Waals surface area contributed by atoms with Crippen molar-refractivity contribution in [2.75, 3.05) is 0 Å². The summed E-state index contributed by atoms with van der Waals surface area (Å²) in [7, 11) is 0. The smallest absolute Gasteiger partial charge is 0.359 e. The van der Waals surface area contributed by atoms with E-state index in [-0.39, 0.29) is 12.2 Å². The number of halogens is 3. The summed E-state index contributed by atoms with van der Waals surface area (Å²) in [5, 5.41) is 0. The molecule has 0 bridgehead atoms. The van der Waals surface area contributed by atoms with Gasteiger partial charge in [0.1, 0.15) is 0 Å². The number of rotatable bonds is 0. The zero-order valence-corrected chi connectivity index (χ0v) is 8.64. The normalized spacial score (nSPS) is 19.1. The van der Waals surface area contributed by atoms with Gasteiger partial charge in [-0.05, 0) is 11.1 Å². The molecule has 0 N–H and O–H groups in total. The van der Waals surface area contributed by atoms with Crippen molar-refractivity contribution < 1.29 is 17.9 Å². The maximum Gasteiger partial charge on any atom is 0.418 e. The Bertz CT molecular complexity index is 320. The van der Waals surface area contributed by atoms with E-state index in [4.69, 9.17) is 0 Å². The summed E-state index contributed by atoms with van der Waals surface area (Å²) in [5.74, 6) is 0. The number of alkyl halides is 3. The van der Waals surface area contributed by atoms with Gasteiger partial charge < -0.3 is 4.74 Å². The molecule has 2 rings (SSSR count). The minimum absolute atomic E-state index is 0.0559. The third-order valence-corrected chi connectivity index (χ3v) is 2.04. The van der Waals surface area contributed by atoms with Gasteiger partial charge in [-0.25, -0.2) is 0 Å². The lowest BCUT2D eigenvalue weighted by molar-refractivity contribution is -0.219. The van der Waals surface area contributed by atoms with Crippen LogP contribution in [0.15, 0.2) is 24.3 Å². The standard InChI is InChI=1S/C9H7F3O.C2H6/c10-9(11,12)8-7-4-2-1-3-6(7)5-13-8;1-2/h1-4,8H,5H2;1-2H3. The lowest BCUT2D eigenvalue weighted by Gasteiger charge is -2.14. The van der Waals surface area contributed by atoms with Crippen molar-refractivity contribution >= 4 is 0 Å². The first-order chi connectivity index (χ1) is 7.09. The fourth-order valence-electron chi connectivity index (χ4n) is 1.46. The van der Waals surface area contributed by atoms with Gasteiger partial charge in [0, 0.05) is 0 Å². The zero-order chi connectivity index (χ0) is 11.5. The van der Waals surface area contributed by atoms with Crippen molar-refractivity contribution in [3.05, 3.63) is 35.4 Å². The molecule has 1 aliphatic heterocycles. The zero-order valence-electron chi connectivity index (χ0n) is 8.64. The maximum atomic E-state index is 12.3. The molecule has 0 saturated carbocycles. The second-order valence-electron chi connectivity index (χ2n) is 2.93. The first-order valence-electron chi connectivity index (χ1n) is 4.85. The molecule has 0 aliphatic carbocycles. The number of hydrogen-bond donors (Lipinski definition) is 0. The lowest BCUT2D eigenvalue weighted by atomic mass is 10.1. The molecule has 1 aromatic rings. The van der Waals surface area contributed by atoms with Crippen LogP contribution in [0.2, 0.25) is 0 Å². The minimum Gasteiger partial charge on any atom is -0.359 e. The van der Waals surface area contributed by atoms with Crippen LogP contribution < -0.4 is 0 Å². The highest BCUT2D eigenvalue weighted by atomic mass is 19.4. The van der Waals surface area contributed by atoms with Crippen molar-refractivity contribution in [1.82, 2.24) is 0 Å². The SMILES string of the molecule is CC.FC(F)(F)C1OCc2ccccc21. The summed E-state index contributed by atoms with van der Waals surface area (Å²) >= 11 is 0. The fraction of sp³-hybridized carbons (Fsp3) is 0.455. The van der Waals surface area contributed by atoms with E-state index in [1.165, 1.54) is 6.07 Å². The third-order valence-electron chi connectivity index (χ3n) is 2.04. The molecule has 1 aliphatic rings. The Morgan fingerprint density at radius 1 is 1.20 bits per heavy atom. The van der Waals surface area contributed by atoms with Crippen LogP contribution in [0.5, 0.6) is 0 Å². The molecule has 0 saturated heterocycles. The average Bonchev–Trinajstić information content (AvgIpc) is 2.63. The van der Waals surface area contributed by atoms with Crippen LogP contribution in [0.25, 0.3) is 0 Å². The van der Waals surface area contributed by atoms with E-state index in [0.29, 0.717) is 5.56 Å². The Morgan fingerprint density at radius 3 is 2.40 bits per heavy atom. The Morgan fingerprint density at radius 2 is 1.80 bits per heavy atom. The van der Waals surface area contributed by atoms with Gasteiger partial charge in [-0.1, -0.05) is 38.1 Å². The van der Waals surface area contributed by atoms with Gasteiger partial charge in [0.15, 0.2) is 6.10 Å². The number of benzene rings is 1. The van der Waals surface area contributed by atoms with E-state index >= 15 is 0 Å². The number of fused-ring (bicyclic) bond motifs is 1. The van der Waals surface area contributed by atoms with Gasteiger partial charge >= 0.3 is 6.18 Å². The van der Waals surface area contributed by atoms with Crippen LogP contribution in [0, 0.1) is 0 Å². The summed E-state index contributed by atoms with van der Waals surface area (Å²) in [6, 6.07) is 6.41. The molecule has 0 aromatic heterocycles. The number of hydrogen-bond acceptors (Lipinski definition) is 1. The molecule has 0 fully saturated rings. The molecule has 84 valence electrons. The number of ether oxygens (including phenoxy) is 1. The molecule has 1 unspecified atom stereocenters. The van der Waals surface area contributed by atoms with E-state index in [1.54, 1.807) is 18.2 Å². The fourth-order valence-corrected chi connectivity index (χ4v) is 1.46. The highest BCUT2D eigenvalue weighted by molar-refractivity contribution is 5.32. The Labute approximate surface area is 86.9 Å². The van der Waals surface area contributed by atoms with Crippen molar-refractivity contribution in [2.45, 2.75) is 32.7 Å². The molecule has 15 heavy (non-hydrogen) atoms. The predicted octanol–water partition coefficient (Wildman–Crippen LogP) is 3.85. The minimum atomic E-state index is -4.30. The topological polar surface area (TPSA) is 9.23 Å². The van der Waals surface area contributed by atoms with Gasteiger partial charge in [0.05, 0.1) is 6.61 Å². The van der Waals surface area contributed by atoms with Gasteiger partial charge in [0.25, 0.3) is 0 Å². The molecule has 1 heterocycles. The second kappa shape index (κ2) is 4.66. The highest BCUT2D eigenvalue weighted by Crippen LogP contribution is 2.41. The lowest BCUT2D eigenvalue weighted by Crippen LogP contribution is -2.19. The summed E-state index contributed by atoms with van der Waals surface area (Å²) in [6.45, 7) is 4.06. The van der Waals surface area contributed by atoms with Gasteiger partial charge in [-0.2, -0.15) is 13.2 Å². The molecular weight excluding hydrogens is 205 g/mol. The Balaban J connectivity index is 0.000000531. The molecule has 1 nitrogen and oxygen atoms in total. The third kappa shape index (κ3) is 2.50. The van der Waals surface area contributed by atoms with Gasteiger partial charge in [-0.15, -0.1) is 0 Å². The first kappa shape index (κ1) is 12.0. The monoisotopic (exact) mass is 218 g/mol. The van der Waals surface area contributed by atoms with E-state index in [1.807, 2.05) is 13.8 Å². The molecule has 1 atom stereocenters. The van der Waals surface area contributed by atoms with Crippen LogP contribution in [0.4, 0.5) is 13.2 Å². The van der Waals surface area contributed by atoms with Crippen LogP contribution in [0.1, 0.15) is 31.1 Å². The maximum absolute atomic E-state index is 12.3. The van der Waals surface area contributed by atoms with E-state index < -0.39 is 12.3 Å². The first-order valence-corrected chi connectivity index (χ1v) is 4.85. The Hall–Kier alpha value is -1.03. The summed E-state index contributed by atoms with van der Waals surface area (Å²) in [5.41, 5.74) is 0.875. The molecule has 0 spiro atoms.